The molecule has 0 spiro atoms. The summed E-state index contributed by atoms with van der Waals surface area (Å²) in [5.41, 5.74) is 5.37. The molecule has 0 fully saturated rings. The Morgan fingerprint density at radius 2 is 2.15 bits per heavy atom. The first kappa shape index (κ1) is 12.7. The number of carbonyl (C=O) groups excluding carboxylic acids is 1. The zero-order valence-corrected chi connectivity index (χ0v) is 8.76. The van der Waals surface area contributed by atoms with Crippen molar-refractivity contribution in [3.8, 4) is 0 Å². The number of rotatable bonds is 7. The first-order valence-corrected chi connectivity index (χ1v) is 4.96. The molecule has 2 N–H and O–H groups in total. The van der Waals surface area contributed by atoms with Crippen LogP contribution in [0, 0.1) is 0 Å². The van der Waals surface area contributed by atoms with Crippen molar-refractivity contribution in [2.45, 2.75) is 19.4 Å². The van der Waals surface area contributed by atoms with Gasteiger partial charge in [0.1, 0.15) is 12.6 Å². The molecule has 0 unspecified atom stereocenters. The van der Waals surface area contributed by atoms with Gasteiger partial charge in [0.25, 0.3) is 0 Å². The number of carbonyl (C=O) groups is 1. The predicted octanol–water partition coefficient (Wildman–Crippen LogP) is 0.213. The lowest BCUT2D eigenvalue weighted by Crippen LogP contribution is -2.34. The quantitative estimate of drug-likeness (QED) is 0.356. The summed E-state index contributed by atoms with van der Waals surface area (Å²) in [6.45, 7) is 3.40. The number of thiol groups is 1. The minimum absolute atomic E-state index is 0.264. The fourth-order valence-corrected chi connectivity index (χ4v) is 0.778. The Labute approximate surface area is 84.2 Å². The lowest BCUT2D eigenvalue weighted by Gasteiger charge is -2.08. The molecule has 4 nitrogen and oxygen atoms in total. The van der Waals surface area contributed by atoms with Crippen LogP contribution in [0.1, 0.15) is 13.3 Å². The molecular weight excluding hydrogens is 190 g/mol. The Morgan fingerprint density at radius 3 is 2.69 bits per heavy atom. The maximum Gasteiger partial charge on any atom is 0.323 e. The molecular formula is C8H17NO3S. The summed E-state index contributed by atoms with van der Waals surface area (Å²) < 4.78 is 9.91. The molecule has 0 bridgehead atoms. The minimum Gasteiger partial charge on any atom is -0.462 e. The van der Waals surface area contributed by atoms with Gasteiger partial charge < -0.3 is 15.2 Å². The number of hydrogen-bond acceptors (Lipinski definition) is 5. The van der Waals surface area contributed by atoms with Gasteiger partial charge in [-0.3, -0.25) is 4.79 Å². The van der Waals surface area contributed by atoms with E-state index in [1.807, 2.05) is 6.92 Å². The van der Waals surface area contributed by atoms with Crippen molar-refractivity contribution in [2.24, 2.45) is 5.73 Å². The topological polar surface area (TPSA) is 61.5 Å². The van der Waals surface area contributed by atoms with Crippen LogP contribution in [0.5, 0.6) is 0 Å². The normalized spacial score (nSPS) is 12.5. The highest BCUT2D eigenvalue weighted by Crippen LogP contribution is 1.89. The summed E-state index contributed by atoms with van der Waals surface area (Å²) in [5, 5.41) is 0. The van der Waals surface area contributed by atoms with Gasteiger partial charge >= 0.3 is 5.97 Å². The first-order valence-electron chi connectivity index (χ1n) is 4.33. The number of hydrogen-bond donors (Lipinski definition) is 2. The highest BCUT2D eigenvalue weighted by molar-refractivity contribution is 7.80. The van der Waals surface area contributed by atoms with Crippen LogP contribution in [-0.4, -0.2) is 37.6 Å². The lowest BCUT2D eigenvalue weighted by molar-refractivity contribution is -0.146. The van der Waals surface area contributed by atoms with Crippen molar-refractivity contribution in [3.05, 3.63) is 0 Å². The molecule has 0 rings (SSSR count). The van der Waals surface area contributed by atoms with Crippen molar-refractivity contribution in [3.63, 3.8) is 0 Å². The fraction of sp³-hybridized carbons (Fsp3) is 0.875. The van der Waals surface area contributed by atoms with E-state index in [0.717, 1.165) is 6.42 Å². The summed E-state index contributed by atoms with van der Waals surface area (Å²) >= 11 is 3.88. The van der Waals surface area contributed by atoms with Crippen molar-refractivity contribution in [1.82, 2.24) is 0 Å². The Balaban J connectivity index is 3.27. The Bertz CT molecular complexity index is 143. The lowest BCUT2D eigenvalue weighted by atomic mass is 10.4. The maximum absolute atomic E-state index is 11.0. The van der Waals surface area contributed by atoms with Crippen molar-refractivity contribution >= 4 is 18.6 Å². The molecule has 78 valence electrons. The molecule has 0 heterocycles. The Hall–Kier alpha value is -0.260. The Kier molecular flexibility index (Phi) is 8.18. The van der Waals surface area contributed by atoms with Crippen molar-refractivity contribution < 1.29 is 14.3 Å². The van der Waals surface area contributed by atoms with E-state index in [1.165, 1.54) is 0 Å². The van der Waals surface area contributed by atoms with Crippen LogP contribution in [0.25, 0.3) is 0 Å². The zero-order chi connectivity index (χ0) is 10.1. The van der Waals surface area contributed by atoms with E-state index in [4.69, 9.17) is 15.2 Å². The average molecular weight is 207 g/mol. The van der Waals surface area contributed by atoms with Gasteiger partial charge in [0.15, 0.2) is 0 Å². The molecule has 0 aliphatic rings. The summed E-state index contributed by atoms with van der Waals surface area (Å²) in [6.07, 6.45) is 0.962. The molecule has 0 aliphatic heterocycles. The number of nitrogens with two attached hydrogens (primary N) is 1. The van der Waals surface area contributed by atoms with Crippen LogP contribution >= 0.6 is 12.6 Å². The molecule has 13 heavy (non-hydrogen) atoms. The second-order valence-corrected chi connectivity index (χ2v) is 2.93. The third-order valence-electron chi connectivity index (χ3n) is 1.32. The second kappa shape index (κ2) is 8.34. The van der Waals surface area contributed by atoms with Gasteiger partial charge in [0.05, 0.1) is 6.61 Å². The molecule has 5 heteroatoms. The Morgan fingerprint density at radius 1 is 1.46 bits per heavy atom. The highest BCUT2D eigenvalue weighted by Gasteiger charge is 2.11. The highest BCUT2D eigenvalue weighted by atomic mass is 32.1. The van der Waals surface area contributed by atoms with Gasteiger partial charge in [0.2, 0.25) is 0 Å². The van der Waals surface area contributed by atoms with Gasteiger partial charge in [0, 0.05) is 12.4 Å². The zero-order valence-electron chi connectivity index (χ0n) is 7.86. The van der Waals surface area contributed by atoms with Crippen LogP contribution in [0.4, 0.5) is 0 Å². The van der Waals surface area contributed by atoms with Gasteiger partial charge in [-0.1, -0.05) is 6.92 Å². The second-order valence-electron chi connectivity index (χ2n) is 2.57. The first-order chi connectivity index (χ1) is 6.22. The third kappa shape index (κ3) is 6.86. The van der Waals surface area contributed by atoms with E-state index in [2.05, 4.69) is 12.6 Å². The largest absolute Gasteiger partial charge is 0.462 e. The molecule has 0 aromatic carbocycles. The van der Waals surface area contributed by atoms with E-state index in [1.54, 1.807) is 0 Å². The SMILES string of the molecule is CCCOCCOC(=O)[C@@H](N)CS. The summed E-state index contributed by atoms with van der Waals surface area (Å²) in [5.74, 6) is -0.121. The fourth-order valence-electron chi connectivity index (χ4n) is 0.629. The maximum atomic E-state index is 11.0. The minimum atomic E-state index is -0.630. The third-order valence-corrected chi connectivity index (χ3v) is 1.71. The van der Waals surface area contributed by atoms with E-state index in [0.29, 0.717) is 19.0 Å². The summed E-state index contributed by atoms with van der Waals surface area (Å²) in [4.78, 5) is 11.0. The monoisotopic (exact) mass is 207 g/mol. The van der Waals surface area contributed by atoms with Crippen LogP contribution in [0.2, 0.25) is 0 Å². The van der Waals surface area contributed by atoms with Crippen LogP contribution in [0.15, 0.2) is 0 Å². The van der Waals surface area contributed by atoms with E-state index in [9.17, 15) is 4.79 Å². The smallest absolute Gasteiger partial charge is 0.323 e. The van der Waals surface area contributed by atoms with Crippen molar-refractivity contribution in [1.29, 1.82) is 0 Å². The van der Waals surface area contributed by atoms with Crippen LogP contribution in [-0.2, 0) is 14.3 Å². The number of esters is 1. The molecule has 0 aromatic heterocycles. The standard InChI is InChI=1S/C8H17NO3S/c1-2-3-11-4-5-12-8(10)7(9)6-13/h7,13H,2-6,9H2,1H3/t7-/m0/s1. The predicted molar refractivity (Wildman–Crippen MR) is 53.9 cm³/mol. The van der Waals surface area contributed by atoms with E-state index < -0.39 is 12.0 Å². The molecule has 0 aliphatic carbocycles. The molecule has 0 aromatic rings. The molecule has 1 atom stereocenters. The number of ether oxygens (including phenoxy) is 2. The molecule has 0 amide bonds. The molecule has 0 saturated heterocycles. The van der Waals surface area contributed by atoms with Crippen LogP contribution in [0.3, 0.4) is 0 Å². The van der Waals surface area contributed by atoms with Crippen molar-refractivity contribution in [2.75, 3.05) is 25.6 Å². The van der Waals surface area contributed by atoms with Gasteiger partial charge in [-0.05, 0) is 6.42 Å². The average Bonchev–Trinajstić information content (AvgIpc) is 2.16. The summed E-state index contributed by atoms with van der Waals surface area (Å²) in [7, 11) is 0. The van der Waals surface area contributed by atoms with Gasteiger partial charge in [-0.25, -0.2) is 0 Å². The van der Waals surface area contributed by atoms with E-state index in [-0.39, 0.29) is 6.61 Å². The van der Waals surface area contributed by atoms with E-state index >= 15 is 0 Å². The van der Waals surface area contributed by atoms with Gasteiger partial charge in [-0.2, -0.15) is 12.6 Å². The van der Waals surface area contributed by atoms with Crippen LogP contribution < -0.4 is 5.73 Å². The summed E-state index contributed by atoms with van der Waals surface area (Å²) in [6, 6.07) is -0.630. The molecule has 0 radical (unpaired) electrons. The molecule has 0 saturated carbocycles. The van der Waals surface area contributed by atoms with Gasteiger partial charge in [-0.15, -0.1) is 0 Å².